The van der Waals surface area contributed by atoms with Gasteiger partial charge in [-0.05, 0) is 18.9 Å². The summed E-state index contributed by atoms with van der Waals surface area (Å²) < 4.78 is 13.1. The van der Waals surface area contributed by atoms with Crippen molar-refractivity contribution in [1.29, 1.82) is 0 Å². The lowest BCUT2D eigenvalue weighted by Gasteiger charge is -1.94. The van der Waals surface area contributed by atoms with E-state index in [1.54, 1.807) is 18.3 Å². The number of nitrogens with zero attached hydrogens (tertiary/aromatic N) is 1. The summed E-state index contributed by atoms with van der Waals surface area (Å²) in [4.78, 5) is 0. The minimum Gasteiger partial charge on any atom is -0.282 e. The van der Waals surface area contributed by atoms with Crippen molar-refractivity contribution in [2.45, 2.75) is 32.6 Å². The summed E-state index contributed by atoms with van der Waals surface area (Å²) in [5.74, 6) is -0.0716. The minimum absolute atomic E-state index is 0.0716. The molecule has 0 aliphatic heterocycles. The molecule has 0 aromatic carbocycles. The summed E-state index contributed by atoms with van der Waals surface area (Å²) in [5, 5.41) is 6.48. The Hall–Kier alpha value is -1.12. The Kier molecular flexibility index (Phi) is 4.23. The molecule has 1 aromatic heterocycles. The summed E-state index contributed by atoms with van der Waals surface area (Å²) in [6, 6.07) is 1.78. The second-order valence-electron chi connectivity index (χ2n) is 3.05. The average Bonchev–Trinajstić information content (AvgIpc) is 2.57. The molecule has 0 saturated carbocycles. The topological polar surface area (TPSA) is 28.7 Å². The lowest BCUT2D eigenvalue weighted by atomic mass is 10.2. The predicted molar refractivity (Wildman–Crippen MR) is 51.0 cm³/mol. The fourth-order valence-corrected chi connectivity index (χ4v) is 1.10. The minimum atomic E-state index is -0.0716. The highest BCUT2D eigenvalue weighted by atomic mass is 19.1. The second-order valence-corrected chi connectivity index (χ2v) is 3.05. The zero-order valence-corrected chi connectivity index (χ0v) is 7.89. The number of unbranched alkanes of at least 4 members (excludes halogenated alkanes) is 2. The highest BCUT2D eigenvalue weighted by Gasteiger charge is 1.98. The maximum absolute atomic E-state index is 13.1. The van der Waals surface area contributed by atoms with E-state index in [2.05, 4.69) is 17.1 Å². The number of allylic oxidation sites excluding steroid dienone is 2. The third-order valence-electron chi connectivity index (χ3n) is 1.84. The number of aromatic nitrogens is 2. The van der Waals surface area contributed by atoms with E-state index >= 15 is 0 Å². The van der Waals surface area contributed by atoms with Crippen molar-refractivity contribution >= 4 is 0 Å². The largest absolute Gasteiger partial charge is 0.282 e. The number of rotatable bonds is 5. The van der Waals surface area contributed by atoms with Crippen LogP contribution in [0.25, 0.3) is 0 Å². The van der Waals surface area contributed by atoms with Crippen molar-refractivity contribution in [3.8, 4) is 0 Å². The van der Waals surface area contributed by atoms with Crippen molar-refractivity contribution < 1.29 is 4.39 Å². The van der Waals surface area contributed by atoms with Crippen LogP contribution >= 0.6 is 0 Å². The maximum atomic E-state index is 13.1. The molecule has 72 valence electrons. The molecule has 1 N–H and O–H groups in total. The van der Waals surface area contributed by atoms with Gasteiger partial charge in [-0.3, -0.25) is 5.10 Å². The van der Waals surface area contributed by atoms with Crippen LogP contribution in [-0.4, -0.2) is 10.2 Å². The molecular formula is C10H15FN2. The van der Waals surface area contributed by atoms with Crippen LogP contribution < -0.4 is 0 Å². The highest BCUT2D eigenvalue weighted by molar-refractivity contribution is 5.07. The van der Waals surface area contributed by atoms with E-state index in [4.69, 9.17) is 0 Å². The molecule has 0 spiro atoms. The van der Waals surface area contributed by atoms with Crippen LogP contribution in [0.15, 0.2) is 24.2 Å². The molecule has 0 aliphatic rings. The monoisotopic (exact) mass is 182 g/mol. The molecule has 3 heteroatoms. The first-order chi connectivity index (χ1) is 6.33. The summed E-state index contributed by atoms with van der Waals surface area (Å²) in [6.07, 6.45) is 6.61. The Morgan fingerprint density at radius 1 is 1.69 bits per heavy atom. The summed E-state index contributed by atoms with van der Waals surface area (Å²) >= 11 is 0. The number of halogens is 1. The highest BCUT2D eigenvalue weighted by Crippen LogP contribution is 2.08. The van der Waals surface area contributed by atoms with Crippen molar-refractivity contribution in [1.82, 2.24) is 10.2 Å². The van der Waals surface area contributed by atoms with Crippen LogP contribution in [0.3, 0.4) is 0 Å². The SMILES string of the molecule is CCCCC=C(F)Cc1ccn[nH]1. The van der Waals surface area contributed by atoms with E-state index in [9.17, 15) is 4.39 Å². The van der Waals surface area contributed by atoms with Gasteiger partial charge in [0.1, 0.15) is 5.83 Å². The van der Waals surface area contributed by atoms with E-state index < -0.39 is 0 Å². The van der Waals surface area contributed by atoms with E-state index in [-0.39, 0.29) is 5.83 Å². The second kappa shape index (κ2) is 5.51. The molecule has 1 aromatic rings. The molecule has 0 radical (unpaired) electrons. The summed E-state index contributed by atoms with van der Waals surface area (Å²) in [5.41, 5.74) is 0.824. The fraction of sp³-hybridized carbons (Fsp3) is 0.500. The fourth-order valence-electron chi connectivity index (χ4n) is 1.10. The predicted octanol–water partition coefficient (Wildman–Crippen LogP) is 3.00. The first-order valence-electron chi connectivity index (χ1n) is 4.65. The van der Waals surface area contributed by atoms with E-state index in [1.807, 2.05) is 0 Å². The van der Waals surface area contributed by atoms with Crippen LogP contribution in [0.4, 0.5) is 4.39 Å². The van der Waals surface area contributed by atoms with Crippen molar-refractivity contribution in [3.05, 3.63) is 29.9 Å². The lowest BCUT2D eigenvalue weighted by molar-refractivity contribution is 0.598. The summed E-state index contributed by atoms with van der Waals surface area (Å²) in [7, 11) is 0. The van der Waals surface area contributed by atoms with Crippen molar-refractivity contribution in [3.63, 3.8) is 0 Å². The van der Waals surface area contributed by atoms with E-state index in [1.165, 1.54) is 0 Å². The third-order valence-corrected chi connectivity index (χ3v) is 1.84. The molecule has 13 heavy (non-hydrogen) atoms. The number of H-pyrrole nitrogens is 1. The Bertz CT molecular complexity index is 252. The molecule has 0 atom stereocenters. The molecule has 0 fully saturated rings. The van der Waals surface area contributed by atoms with Gasteiger partial charge >= 0.3 is 0 Å². The molecule has 2 nitrogen and oxygen atoms in total. The van der Waals surface area contributed by atoms with Gasteiger partial charge in [0.15, 0.2) is 0 Å². The third kappa shape index (κ3) is 3.87. The zero-order valence-electron chi connectivity index (χ0n) is 7.89. The van der Waals surface area contributed by atoms with Gasteiger partial charge in [-0.15, -0.1) is 0 Å². The van der Waals surface area contributed by atoms with Crippen LogP contribution in [-0.2, 0) is 6.42 Å². The van der Waals surface area contributed by atoms with Gasteiger partial charge < -0.3 is 0 Å². The maximum Gasteiger partial charge on any atom is 0.102 e. The van der Waals surface area contributed by atoms with Crippen molar-refractivity contribution in [2.24, 2.45) is 0 Å². The number of hydrogen-bond acceptors (Lipinski definition) is 1. The Morgan fingerprint density at radius 2 is 2.54 bits per heavy atom. The van der Waals surface area contributed by atoms with E-state index in [0.29, 0.717) is 6.42 Å². The standard InChI is InChI=1S/C10H15FN2/c1-2-3-4-5-9(11)8-10-6-7-12-13-10/h5-7H,2-4,8H2,1H3,(H,12,13). The number of hydrogen-bond donors (Lipinski definition) is 1. The van der Waals surface area contributed by atoms with Gasteiger partial charge in [-0.25, -0.2) is 4.39 Å². The number of aromatic amines is 1. The zero-order chi connectivity index (χ0) is 9.52. The Morgan fingerprint density at radius 3 is 3.15 bits per heavy atom. The molecule has 0 aliphatic carbocycles. The van der Waals surface area contributed by atoms with Crippen molar-refractivity contribution in [2.75, 3.05) is 0 Å². The van der Waals surface area contributed by atoms with Crippen LogP contribution in [0, 0.1) is 0 Å². The Labute approximate surface area is 77.9 Å². The molecular weight excluding hydrogens is 167 g/mol. The molecule has 1 heterocycles. The summed E-state index contributed by atoms with van der Waals surface area (Å²) in [6.45, 7) is 2.10. The van der Waals surface area contributed by atoms with Gasteiger partial charge in [-0.2, -0.15) is 5.10 Å². The quantitative estimate of drug-likeness (QED) is 0.697. The first kappa shape index (κ1) is 9.96. The van der Waals surface area contributed by atoms with Gasteiger partial charge in [0.25, 0.3) is 0 Å². The number of nitrogens with one attached hydrogen (secondary N) is 1. The first-order valence-corrected chi connectivity index (χ1v) is 4.65. The molecule has 0 amide bonds. The normalized spacial score (nSPS) is 12.0. The smallest absolute Gasteiger partial charge is 0.102 e. The van der Waals surface area contributed by atoms with Crippen LogP contribution in [0.5, 0.6) is 0 Å². The van der Waals surface area contributed by atoms with E-state index in [0.717, 1.165) is 25.0 Å². The average molecular weight is 182 g/mol. The van der Waals surface area contributed by atoms with Crippen LogP contribution in [0.2, 0.25) is 0 Å². The molecule has 0 unspecified atom stereocenters. The Balaban J connectivity index is 2.32. The van der Waals surface area contributed by atoms with Gasteiger partial charge in [0.05, 0.1) is 0 Å². The lowest BCUT2D eigenvalue weighted by Crippen LogP contribution is -1.86. The van der Waals surface area contributed by atoms with Gasteiger partial charge in [0.2, 0.25) is 0 Å². The van der Waals surface area contributed by atoms with Crippen LogP contribution in [0.1, 0.15) is 31.9 Å². The molecule has 0 bridgehead atoms. The van der Waals surface area contributed by atoms with Gasteiger partial charge in [-0.1, -0.05) is 19.4 Å². The molecule has 1 rings (SSSR count). The van der Waals surface area contributed by atoms with Gasteiger partial charge in [0, 0.05) is 18.3 Å². The molecule has 0 saturated heterocycles.